The van der Waals surface area contributed by atoms with Gasteiger partial charge >= 0.3 is 0 Å². The van der Waals surface area contributed by atoms with Gasteiger partial charge in [0.05, 0.1) is 10.5 Å². The molecule has 1 saturated carbocycles. The monoisotopic (exact) mass is 402 g/mol. The zero-order valence-electron chi connectivity index (χ0n) is 14.8. The summed E-state index contributed by atoms with van der Waals surface area (Å²) in [5.74, 6) is 0.419. The van der Waals surface area contributed by atoms with Crippen LogP contribution in [0.25, 0.3) is 0 Å². The third kappa shape index (κ3) is 4.62. The molecule has 1 aliphatic carbocycles. The van der Waals surface area contributed by atoms with Crippen LogP contribution in [0, 0.1) is 21.4 Å². The molecule has 28 heavy (non-hydrogen) atoms. The number of nitriles is 1. The second-order valence-corrected chi connectivity index (χ2v) is 8.12. The number of ether oxygens (including phenoxy) is 1. The van der Waals surface area contributed by atoms with Crippen LogP contribution in [-0.2, 0) is 10.0 Å². The molecule has 0 atom stereocenters. The van der Waals surface area contributed by atoms with Crippen molar-refractivity contribution in [3.8, 4) is 11.9 Å². The fourth-order valence-electron chi connectivity index (χ4n) is 3.10. The summed E-state index contributed by atoms with van der Waals surface area (Å²) in [6.07, 6.45) is 3.65. The molecule has 0 amide bonds. The molecule has 0 aliphatic heterocycles. The zero-order chi connectivity index (χ0) is 20.1. The van der Waals surface area contributed by atoms with Crippen LogP contribution in [-0.4, -0.2) is 30.5 Å². The lowest BCUT2D eigenvalue weighted by atomic mass is 9.94. The molecule has 1 heterocycles. The molecule has 1 aromatic heterocycles. The normalized spacial score (nSPS) is 19.5. The van der Waals surface area contributed by atoms with Crippen LogP contribution in [0.5, 0.6) is 5.88 Å². The van der Waals surface area contributed by atoms with Crippen LogP contribution < -0.4 is 9.46 Å². The average molecular weight is 402 g/mol. The van der Waals surface area contributed by atoms with Crippen molar-refractivity contribution in [1.29, 1.82) is 5.26 Å². The average Bonchev–Trinajstić information content (AvgIpc) is 2.70. The number of hydrogen-bond acceptors (Lipinski definition) is 7. The van der Waals surface area contributed by atoms with E-state index in [1.165, 1.54) is 30.5 Å². The molecule has 9 nitrogen and oxygen atoms in total. The van der Waals surface area contributed by atoms with Crippen molar-refractivity contribution < 1.29 is 18.1 Å². The van der Waals surface area contributed by atoms with Crippen molar-refractivity contribution >= 4 is 15.7 Å². The van der Waals surface area contributed by atoms with Crippen molar-refractivity contribution in [2.24, 2.45) is 0 Å². The summed E-state index contributed by atoms with van der Waals surface area (Å²) >= 11 is 0. The first kappa shape index (κ1) is 19.7. The highest BCUT2D eigenvalue weighted by atomic mass is 32.2. The van der Waals surface area contributed by atoms with Crippen molar-refractivity contribution in [2.75, 3.05) is 0 Å². The Kier molecular flexibility index (Phi) is 5.87. The van der Waals surface area contributed by atoms with Crippen LogP contribution in [0.3, 0.4) is 0 Å². The fraction of sp³-hybridized carbons (Fsp3) is 0.333. The number of para-hydroxylation sites is 1. The van der Waals surface area contributed by atoms with E-state index in [1.54, 1.807) is 12.1 Å². The lowest BCUT2D eigenvalue weighted by Gasteiger charge is -2.29. The third-order valence-electron chi connectivity index (χ3n) is 4.50. The summed E-state index contributed by atoms with van der Waals surface area (Å²) in [7, 11) is -4.00. The van der Waals surface area contributed by atoms with Gasteiger partial charge in [0.25, 0.3) is 5.69 Å². The van der Waals surface area contributed by atoms with Crippen molar-refractivity contribution in [3.05, 3.63) is 58.3 Å². The number of nitro groups is 1. The van der Waals surface area contributed by atoms with Crippen LogP contribution in [0.1, 0.15) is 31.2 Å². The Morgan fingerprint density at radius 3 is 2.50 bits per heavy atom. The molecular weight excluding hydrogens is 384 g/mol. The number of rotatable bonds is 6. The van der Waals surface area contributed by atoms with E-state index in [9.17, 15) is 18.5 Å². The Labute approximate surface area is 162 Å². The SMILES string of the molecule is N#Cc1ccc(OC2CCC(NS(=O)(=O)c3ccccc3[N+](=O)[O-])CC2)nc1. The maximum Gasteiger partial charge on any atom is 0.289 e. The molecule has 146 valence electrons. The van der Waals surface area contributed by atoms with Crippen molar-refractivity contribution in [1.82, 2.24) is 9.71 Å². The highest BCUT2D eigenvalue weighted by Crippen LogP contribution is 2.27. The molecule has 3 rings (SSSR count). The van der Waals surface area contributed by atoms with Crippen LogP contribution in [0.2, 0.25) is 0 Å². The van der Waals surface area contributed by atoms with E-state index in [4.69, 9.17) is 10.00 Å². The van der Waals surface area contributed by atoms with E-state index in [-0.39, 0.29) is 17.0 Å². The van der Waals surface area contributed by atoms with E-state index >= 15 is 0 Å². The van der Waals surface area contributed by atoms with Gasteiger partial charge in [-0.3, -0.25) is 10.1 Å². The first-order valence-corrected chi connectivity index (χ1v) is 10.2. The quantitative estimate of drug-likeness (QED) is 0.579. The minimum Gasteiger partial charge on any atom is -0.474 e. The maximum absolute atomic E-state index is 12.6. The van der Waals surface area contributed by atoms with E-state index in [1.807, 2.05) is 6.07 Å². The smallest absolute Gasteiger partial charge is 0.289 e. The van der Waals surface area contributed by atoms with Crippen LogP contribution >= 0.6 is 0 Å². The molecule has 0 unspecified atom stereocenters. The summed E-state index contributed by atoms with van der Waals surface area (Å²) in [6, 6.07) is 10.2. The summed E-state index contributed by atoms with van der Waals surface area (Å²) in [6.45, 7) is 0. The Bertz CT molecular complexity index is 993. The molecule has 2 aromatic rings. The summed E-state index contributed by atoms with van der Waals surface area (Å²) < 4.78 is 33.5. The zero-order valence-corrected chi connectivity index (χ0v) is 15.6. The second-order valence-electron chi connectivity index (χ2n) is 6.43. The fourth-order valence-corrected chi connectivity index (χ4v) is 4.58. The molecular formula is C18H18N4O5S. The van der Waals surface area contributed by atoms with Gasteiger partial charge in [-0.25, -0.2) is 18.1 Å². The van der Waals surface area contributed by atoms with Crippen LogP contribution in [0.4, 0.5) is 5.69 Å². The first-order valence-electron chi connectivity index (χ1n) is 8.67. The Morgan fingerprint density at radius 1 is 1.18 bits per heavy atom. The summed E-state index contributed by atoms with van der Waals surface area (Å²) in [5, 5.41) is 19.9. The van der Waals surface area contributed by atoms with Crippen molar-refractivity contribution in [2.45, 2.75) is 42.7 Å². The minimum atomic E-state index is -4.00. The second kappa shape index (κ2) is 8.33. The number of aromatic nitrogens is 1. The van der Waals surface area contributed by atoms with E-state index < -0.39 is 20.6 Å². The number of sulfonamides is 1. The lowest BCUT2D eigenvalue weighted by Crippen LogP contribution is -2.39. The van der Waals surface area contributed by atoms with Gasteiger partial charge in [0.15, 0.2) is 4.90 Å². The maximum atomic E-state index is 12.6. The van der Waals surface area contributed by atoms with Crippen LogP contribution in [0.15, 0.2) is 47.5 Å². The molecule has 1 aromatic carbocycles. The van der Waals surface area contributed by atoms with Gasteiger partial charge < -0.3 is 4.74 Å². The number of nitro benzene ring substituents is 1. The molecule has 0 bridgehead atoms. The minimum absolute atomic E-state index is 0.104. The Hall–Kier alpha value is -3.03. The van der Waals surface area contributed by atoms with Gasteiger partial charge in [-0.1, -0.05) is 12.1 Å². The molecule has 0 radical (unpaired) electrons. The molecule has 1 N–H and O–H groups in total. The van der Waals surface area contributed by atoms with E-state index in [0.29, 0.717) is 37.1 Å². The van der Waals surface area contributed by atoms with Crippen molar-refractivity contribution in [3.63, 3.8) is 0 Å². The number of nitrogens with zero attached hydrogens (tertiary/aromatic N) is 3. The van der Waals surface area contributed by atoms with E-state index in [0.717, 1.165) is 0 Å². The topological polar surface area (TPSA) is 135 Å². The van der Waals surface area contributed by atoms with Gasteiger partial charge in [0, 0.05) is 24.4 Å². The van der Waals surface area contributed by atoms with Gasteiger partial charge in [0.1, 0.15) is 12.2 Å². The van der Waals surface area contributed by atoms with E-state index in [2.05, 4.69) is 9.71 Å². The number of hydrogen-bond donors (Lipinski definition) is 1. The summed E-state index contributed by atoms with van der Waals surface area (Å²) in [5.41, 5.74) is -0.000574. The van der Waals surface area contributed by atoms with Gasteiger partial charge in [-0.2, -0.15) is 5.26 Å². The predicted molar refractivity (Wildman–Crippen MR) is 99.0 cm³/mol. The largest absolute Gasteiger partial charge is 0.474 e. The standard InChI is InChI=1S/C18H18N4O5S/c19-11-13-5-10-18(20-12-13)27-15-8-6-14(7-9-15)21-28(25,26)17-4-2-1-3-16(17)22(23)24/h1-5,10,12,14-15,21H,6-9H2. The third-order valence-corrected chi connectivity index (χ3v) is 6.07. The van der Waals surface area contributed by atoms with Gasteiger partial charge in [-0.15, -0.1) is 0 Å². The van der Waals surface area contributed by atoms with Gasteiger partial charge in [0.2, 0.25) is 15.9 Å². The Morgan fingerprint density at radius 2 is 1.89 bits per heavy atom. The molecule has 10 heteroatoms. The van der Waals surface area contributed by atoms with Gasteiger partial charge in [-0.05, 0) is 37.8 Å². The Balaban J connectivity index is 1.59. The number of pyridine rings is 1. The lowest BCUT2D eigenvalue weighted by molar-refractivity contribution is -0.387. The first-order chi connectivity index (χ1) is 13.4. The molecule has 0 spiro atoms. The number of benzene rings is 1. The highest BCUT2D eigenvalue weighted by molar-refractivity contribution is 7.89. The molecule has 1 fully saturated rings. The summed E-state index contributed by atoms with van der Waals surface area (Å²) in [4.78, 5) is 14.1. The predicted octanol–water partition coefficient (Wildman–Crippen LogP) is 2.53. The molecule has 1 aliphatic rings. The number of nitrogens with one attached hydrogen (secondary N) is 1. The molecule has 0 saturated heterocycles. The highest BCUT2D eigenvalue weighted by Gasteiger charge is 2.30.